The molecule has 3 aromatic carbocycles. The van der Waals surface area contributed by atoms with Crippen molar-refractivity contribution in [1.82, 2.24) is 4.90 Å². The number of rotatable bonds is 6. The van der Waals surface area contributed by atoms with E-state index in [4.69, 9.17) is 21.1 Å². The second-order valence-electron chi connectivity index (χ2n) is 9.75. The number of ether oxygens (including phenoxy) is 2. The Morgan fingerprint density at radius 2 is 1.48 bits per heavy atom. The number of halogens is 1. The summed E-state index contributed by atoms with van der Waals surface area (Å²) < 4.78 is 10.7. The fraction of sp³-hybridized carbons (Fsp3) is 0.267. The van der Waals surface area contributed by atoms with Crippen molar-refractivity contribution in [2.75, 3.05) is 57.2 Å². The highest BCUT2D eigenvalue weighted by Gasteiger charge is 2.47. The molecule has 10 heteroatoms. The Kier molecular flexibility index (Phi) is 7.60. The van der Waals surface area contributed by atoms with Gasteiger partial charge in [0.25, 0.3) is 11.7 Å². The van der Waals surface area contributed by atoms with Crippen molar-refractivity contribution in [2.45, 2.75) is 6.04 Å². The number of phenolic OH excluding ortho intramolecular Hbond substituents is 1. The molecule has 40 heavy (non-hydrogen) atoms. The van der Waals surface area contributed by atoms with E-state index in [2.05, 4.69) is 16.8 Å². The van der Waals surface area contributed by atoms with E-state index in [1.165, 1.54) is 43.4 Å². The number of aliphatic hydroxyl groups is 1. The van der Waals surface area contributed by atoms with Gasteiger partial charge in [0.05, 0.1) is 36.4 Å². The number of nitrogens with zero attached hydrogens (tertiary/aromatic N) is 3. The second-order valence-corrected chi connectivity index (χ2v) is 10.2. The Labute approximate surface area is 237 Å². The van der Waals surface area contributed by atoms with Crippen molar-refractivity contribution < 1.29 is 29.3 Å². The first-order valence-corrected chi connectivity index (χ1v) is 13.2. The van der Waals surface area contributed by atoms with E-state index in [0.29, 0.717) is 17.0 Å². The highest BCUT2D eigenvalue weighted by atomic mass is 35.5. The highest BCUT2D eigenvalue weighted by molar-refractivity contribution is 6.51. The molecule has 2 heterocycles. The minimum Gasteiger partial charge on any atom is -0.508 e. The monoisotopic (exact) mass is 563 g/mol. The fourth-order valence-electron chi connectivity index (χ4n) is 5.15. The number of anilines is 2. The Hall–Kier alpha value is -4.21. The van der Waals surface area contributed by atoms with Gasteiger partial charge < -0.3 is 29.5 Å². The minimum atomic E-state index is -0.972. The van der Waals surface area contributed by atoms with Gasteiger partial charge in [-0.3, -0.25) is 14.5 Å². The summed E-state index contributed by atoms with van der Waals surface area (Å²) in [6, 6.07) is 15.6. The number of phenols is 1. The number of carbonyl (C=O) groups excluding carboxylic acids is 2. The van der Waals surface area contributed by atoms with Crippen molar-refractivity contribution in [3.63, 3.8) is 0 Å². The molecule has 0 aliphatic carbocycles. The van der Waals surface area contributed by atoms with Gasteiger partial charge in [-0.25, -0.2) is 0 Å². The third-order valence-electron chi connectivity index (χ3n) is 7.38. The zero-order chi connectivity index (χ0) is 28.6. The highest BCUT2D eigenvalue weighted by Crippen LogP contribution is 2.45. The SMILES string of the molecule is COc1cc(OC)c(/C(O)=C2\C(=O)C(=O)N(c3ccc(N4CCN(C)CC4)cc3)C2c2ccc(O)cc2)cc1Cl. The van der Waals surface area contributed by atoms with Gasteiger partial charge in [0.1, 0.15) is 23.0 Å². The molecule has 0 spiro atoms. The molecule has 5 rings (SSSR count). The van der Waals surface area contributed by atoms with Gasteiger partial charge in [0, 0.05) is 43.6 Å². The number of hydrogen-bond acceptors (Lipinski definition) is 8. The van der Waals surface area contributed by atoms with Crippen LogP contribution >= 0.6 is 11.6 Å². The first-order chi connectivity index (χ1) is 19.2. The average molecular weight is 564 g/mol. The van der Waals surface area contributed by atoms with Crippen LogP contribution in [-0.4, -0.2) is 74.2 Å². The molecule has 3 aromatic rings. The number of methoxy groups -OCH3 is 2. The first kappa shape index (κ1) is 27.4. The predicted octanol–water partition coefficient (Wildman–Crippen LogP) is 4.44. The van der Waals surface area contributed by atoms with Crippen molar-refractivity contribution in [1.29, 1.82) is 0 Å². The molecule has 208 valence electrons. The topological polar surface area (TPSA) is 103 Å². The average Bonchev–Trinajstić information content (AvgIpc) is 3.23. The van der Waals surface area contributed by atoms with Crippen molar-refractivity contribution in [3.05, 3.63) is 82.4 Å². The van der Waals surface area contributed by atoms with Crippen LogP contribution in [0.1, 0.15) is 17.2 Å². The molecule has 2 N–H and O–H groups in total. The molecule has 1 unspecified atom stereocenters. The Balaban J connectivity index is 1.62. The lowest BCUT2D eigenvalue weighted by Gasteiger charge is -2.34. The predicted molar refractivity (Wildman–Crippen MR) is 154 cm³/mol. The number of Topliss-reactive ketones (excluding diaryl/α,β-unsaturated/α-hetero) is 1. The van der Waals surface area contributed by atoms with Gasteiger partial charge in [-0.15, -0.1) is 0 Å². The number of ketones is 1. The van der Waals surface area contributed by atoms with Crippen LogP contribution in [0.5, 0.6) is 17.2 Å². The molecule has 0 aromatic heterocycles. The van der Waals surface area contributed by atoms with Crippen molar-refractivity contribution in [2.24, 2.45) is 0 Å². The van der Waals surface area contributed by atoms with Gasteiger partial charge in [-0.2, -0.15) is 0 Å². The third-order valence-corrected chi connectivity index (χ3v) is 7.67. The standard InChI is InChI=1S/C30H30ClN3O6/c1-32-12-14-33(15-13-32)19-6-8-20(9-7-19)34-27(18-4-10-21(35)11-5-18)26(29(37)30(34)38)28(36)22-16-23(31)25(40-3)17-24(22)39-2/h4-11,16-17,27,35-36H,12-15H2,1-3H3/b28-26+. The minimum absolute atomic E-state index is 0.0286. The number of carbonyl (C=O) groups is 2. The number of piperazine rings is 1. The van der Waals surface area contributed by atoms with Crippen molar-refractivity contribution >= 4 is 40.4 Å². The molecule has 2 fully saturated rings. The summed E-state index contributed by atoms with van der Waals surface area (Å²) in [5, 5.41) is 21.6. The quantitative estimate of drug-likeness (QED) is 0.258. The molecule has 2 aliphatic heterocycles. The van der Waals surface area contributed by atoms with Crippen LogP contribution in [-0.2, 0) is 9.59 Å². The summed E-state index contributed by atoms with van der Waals surface area (Å²) in [6.45, 7) is 3.69. The summed E-state index contributed by atoms with van der Waals surface area (Å²) in [7, 11) is 4.96. The zero-order valence-corrected chi connectivity index (χ0v) is 23.2. The third kappa shape index (κ3) is 4.94. The van der Waals surface area contributed by atoms with Gasteiger partial charge >= 0.3 is 0 Å². The molecular formula is C30H30ClN3O6. The number of aliphatic hydroxyl groups excluding tert-OH is 1. The molecule has 0 bridgehead atoms. The van der Waals surface area contributed by atoms with Crippen LogP contribution in [0.3, 0.4) is 0 Å². The fourth-order valence-corrected chi connectivity index (χ4v) is 5.39. The second kappa shape index (κ2) is 11.1. The van der Waals surface area contributed by atoms with Crippen LogP contribution in [0.4, 0.5) is 11.4 Å². The van der Waals surface area contributed by atoms with E-state index < -0.39 is 23.5 Å². The Morgan fingerprint density at radius 1 is 0.875 bits per heavy atom. The lowest BCUT2D eigenvalue weighted by molar-refractivity contribution is -0.132. The van der Waals surface area contributed by atoms with E-state index >= 15 is 0 Å². The molecule has 0 saturated carbocycles. The van der Waals surface area contributed by atoms with Gasteiger partial charge in [0.2, 0.25) is 0 Å². The summed E-state index contributed by atoms with van der Waals surface area (Å²) >= 11 is 6.35. The molecule has 9 nitrogen and oxygen atoms in total. The lowest BCUT2D eigenvalue weighted by Crippen LogP contribution is -2.44. The first-order valence-electron chi connectivity index (χ1n) is 12.8. The smallest absolute Gasteiger partial charge is 0.300 e. The van der Waals surface area contributed by atoms with Crippen molar-refractivity contribution in [3.8, 4) is 17.2 Å². The normalized spacial score (nSPS) is 19.2. The largest absolute Gasteiger partial charge is 0.508 e. The van der Waals surface area contributed by atoms with E-state index in [1.807, 2.05) is 12.1 Å². The summed E-state index contributed by atoms with van der Waals surface area (Å²) in [6.07, 6.45) is 0. The summed E-state index contributed by atoms with van der Waals surface area (Å²) in [5.74, 6) is -1.51. The maximum Gasteiger partial charge on any atom is 0.300 e. The van der Waals surface area contributed by atoms with E-state index in [1.54, 1.807) is 24.3 Å². The van der Waals surface area contributed by atoms with Gasteiger partial charge in [-0.05, 0) is 55.1 Å². The van der Waals surface area contributed by atoms with E-state index in [0.717, 1.165) is 31.9 Å². The Morgan fingerprint density at radius 3 is 2.08 bits per heavy atom. The van der Waals surface area contributed by atoms with Gasteiger partial charge in [0.15, 0.2) is 0 Å². The van der Waals surface area contributed by atoms with Crippen LogP contribution in [0, 0.1) is 0 Å². The number of benzene rings is 3. The lowest BCUT2D eigenvalue weighted by atomic mass is 9.94. The van der Waals surface area contributed by atoms with Gasteiger partial charge in [-0.1, -0.05) is 23.7 Å². The molecule has 2 aliphatic rings. The zero-order valence-electron chi connectivity index (χ0n) is 22.4. The molecule has 0 radical (unpaired) electrons. The summed E-state index contributed by atoms with van der Waals surface area (Å²) in [5.41, 5.74) is 2.06. The number of hydrogen-bond donors (Lipinski definition) is 2. The molecule has 1 atom stereocenters. The Bertz CT molecular complexity index is 1460. The summed E-state index contributed by atoms with van der Waals surface area (Å²) in [4.78, 5) is 33.0. The number of aromatic hydroxyl groups is 1. The molecular weight excluding hydrogens is 534 g/mol. The van der Waals surface area contributed by atoms with Crippen LogP contribution < -0.4 is 19.3 Å². The number of likely N-dealkylation sites (N-methyl/N-ethyl adjacent to an activating group) is 1. The number of amides is 1. The van der Waals surface area contributed by atoms with Crippen LogP contribution in [0.25, 0.3) is 5.76 Å². The maximum absolute atomic E-state index is 13.5. The molecule has 1 amide bonds. The van der Waals surface area contributed by atoms with E-state index in [-0.39, 0.29) is 27.7 Å². The van der Waals surface area contributed by atoms with Crippen LogP contribution in [0.2, 0.25) is 5.02 Å². The molecule has 2 saturated heterocycles. The van der Waals surface area contributed by atoms with Crippen LogP contribution in [0.15, 0.2) is 66.2 Å². The maximum atomic E-state index is 13.5. The van der Waals surface area contributed by atoms with E-state index in [9.17, 15) is 19.8 Å².